The van der Waals surface area contributed by atoms with Crippen LogP contribution in [0.2, 0.25) is 0 Å². The number of nitrogens with zero attached hydrogens (tertiary/aromatic N) is 2. The van der Waals surface area contributed by atoms with Gasteiger partial charge in [0.15, 0.2) is 5.69 Å². The Hall–Kier alpha value is -3.41. The predicted octanol–water partition coefficient (Wildman–Crippen LogP) is 2.84. The third kappa shape index (κ3) is 5.04. The van der Waals surface area contributed by atoms with Gasteiger partial charge < -0.3 is 10.6 Å². The van der Waals surface area contributed by atoms with E-state index >= 15 is 0 Å². The lowest BCUT2D eigenvalue weighted by Gasteiger charge is -2.04. The number of anilines is 1. The van der Waals surface area contributed by atoms with E-state index in [-0.39, 0.29) is 23.9 Å². The van der Waals surface area contributed by atoms with Gasteiger partial charge in [-0.05, 0) is 18.1 Å². The van der Waals surface area contributed by atoms with E-state index in [4.69, 9.17) is 0 Å². The van der Waals surface area contributed by atoms with Gasteiger partial charge in [-0.3, -0.25) is 14.3 Å². The molecule has 0 bridgehead atoms. The molecule has 0 atom stereocenters. The van der Waals surface area contributed by atoms with Crippen molar-refractivity contribution in [3.63, 3.8) is 0 Å². The van der Waals surface area contributed by atoms with Crippen molar-refractivity contribution >= 4 is 17.6 Å². The van der Waals surface area contributed by atoms with Crippen LogP contribution < -0.4 is 10.6 Å². The molecule has 0 radical (unpaired) electrons. The molecule has 6 nitrogen and oxygen atoms in total. The topological polar surface area (TPSA) is 76.0 Å². The van der Waals surface area contributed by atoms with Gasteiger partial charge in [-0.15, -0.1) is 0 Å². The Morgan fingerprint density at radius 3 is 2.48 bits per heavy atom. The Balaban J connectivity index is 1.59. The minimum atomic E-state index is -0.282. The highest BCUT2D eigenvalue weighted by atomic mass is 16.2. The van der Waals surface area contributed by atoms with Crippen molar-refractivity contribution in [3.8, 4) is 0 Å². The molecule has 3 rings (SSSR count). The summed E-state index contributed by atoms with van der Waals surface area (Å²) in [6.45, 7) is 2.43. The van der Waals surface area contributed by atoms with Crippen molar-refractivity contribution in [1.82, 2.24) is 15.1 Å². The quantitative estimate of drug-likeness (QED) is 0.708. The molecule has 138 valence electrons. The molecule has 0 fully saturated rings. The van der Waals surface area contributed by atoms with Gasteiger partial charge in [-0.2, -0.15) is 5.10 Å². The van der Waals surface area contributed by atoms with Crippen molar-refractivity contribution in [3.05, 3.63) is 83.0 Å². The number of nitrogens with one attached hydrogen (secondary N) is 2. The van der Waals surface area contributed by atoms with Crippen LogP contribution in [0.1, 0.15) is 27.2 Å². The Morgan fingerprint density at radius 1 is 1.00 bits per heavy atom. The second-order valence-corrected chi connectivity index (χ2v) is 6.42. The zero-order valence-corrected chi connectivity index (χ0v) is 15.4. The third-order valence-electron chi connectivity index (χ3n) is 4.12. The summed E-state index contributed by atoms with van der Waals surface area (Å²) in [6, 6.07) is 19.0. The van der Waals surface area contributed by atoms with Gasteiger partial charge in [0.2, 0.25) is 5.91 Å². The maximum atomic E-state index is 12.3. The van der Waals surface area contributed by atoms with E-state index in [0.717, 1.165) is 16.7 Å². The van der Waals surface area contributed by atoms with Crippen LogP contribution >= 0.6 is 0 Å². The van der Waals surface area contributed by atoms with Crippen molar-refractivity contribution < 1.29 is 9.59 Å². The van der Waals surface area contributed by atoms with Crippen LogP contribution in [-0.4, -0.2) is 21.6 Å². The van der Waals surface area contributed by atoms with Gasteiger partial charge in [0.05, 0.1) is 6.42 Å². The molecule has 3 aromatic rings. The molecule has 27 heavy (non-hydrogen) atoms. The molecule has 0 saturated heterocycles. The minimum Gasteiger partial charge on any atom is -0.347 e. The monoisotopic (exact) mass is 362 g/mol. The van der Waals surface area contributed by atoms with Gasteiger partial charge in [-0.25, -0.2) is 0 Å². The van der Waals surface area contributed by atoms with Crippen LogP contribution in [0.5, 0.6) is 0 Å². The second kappa shape index (κ2) is 8.31. The third-order valence-corrected chi connectivity index (χ3v) is 4.12. The Bertz CT molecular complexity index is 948. The first kappa shape index (κ1) is 18.4. The highest BCUT2D eigenvalue weighted by Crippen LogP contribution is 2.11. The highest BCUT2D eigenvalue weighted by molar-refractivity contribution is 5.95. The number of carbonyl (C=O) groups is 2. The van der Waals surface area contributed by atoms with E-state index in [1.165, 1.54) is 4.68 Å². The van der Waals surface area contributed by atoms with Crippen molar-refractivity contribution in [2.45, 2.75) is 19.9 Å². The summed E-state index contributed by atoms with van der Waals surface area (Å²) < 4.78 is 1.49. The smallest absolute Gasteiger partial charge is 0.272 e. The molecule has 2 amide bonds. The van der Waals surface area contributed by atoms with Crippen LogP contribution in [0, 0.1) is 6.92 Å². The predicted molar refractivity (Wildman–Crippen MR) is 104 cm³/mol. The van der Waals surface area contributed by atoms with Crippen molar-refractivity contribution in [1.29, 1.82) is 0 Å². The lowest BCUT2D eigenvalue weighted by molar-refractivity contribution is -0.115. The molecule has 6 heteroatoms. The van der Waals surface area contributed by atoms with Crippen LogP contribution in [0.4, 0.5) is 5.82 Å². The summed E-state index contributed by atoms with van der Waals surface area (Å²) in [6.07, 6.45) is 0.265. The fourth-order valence-corrected chi connectivity index (χ4v) is 2.76. The first-order valence-corrected chi connectivity index (χ1v) is 8.73. The van der Waals surface area contributed by atoms with Gasteiger partial charge in [0, 0.05) is 19.7 Å². The molecular formula is C21H22N4O2. The fraction of sp³-hybridized carbons (Fsp3) is 0.190. The van der Waals surface area contributed by atoms with E-state index in [1.807, 2.05) is 61.5 Å². The minimum absolute atomic E-state index is 0.157. The van der Waals surface area contributed by atoms with Gasteiger partial charge >= 0.3 is 0 Å². The van der Waals surface area contributed by atoms with Crippen LogP contribution in [0.3, 0.4) is 0 Å². The number of amides is 2. The average molecular weight is 362 g/mol. The molecule has 1 aromatic heterocycles. The largest absolute Gasteiger partial charge is 0.347 e. The Kier molecular flexibility index (Phi) is 5.66. The lowest BCUT2D eigenvalue weighted by atomic mass is 10.1. The van der Waals surface area contributed by atoms with Gasteiger partial charge in [0.1, 0.15) is 5.82 Å². The van der Waals surface area contributed by atoms with Crippen molar-refractivity contribution in [2.75, 3.05) is 5.32 Å². The molecule has 2 N–H and O–H groups in total. The standard InChI is InChI=1S/C21H22N4O2/c1-15-7-6-10-17(11-15)14-22-21(27)18-13-19(25(2)24-18)23-20(26)12-16-8-4-3-5-9-16/h3-11,13H,12,14H2,1-2H3,(H,22,27)(H,23,26). The number of benzene rings is 2. The molecule has 0 aliphatic carbocycles. The van der Waals surface area contributed by atoms with E-state index in [0.29, 0.717) is 12.4 Å². The van der Waals surface area contributed by atoms with E-state index in [2.05, 4.69) is 15.7 Å². The van der Waals surface area contributed by atoms with Crippen LogP contribution in [0.25, 0.3) is 0 Å². The van der Waals surface area contributed by atoms with E-state index in [1.54, 1.807) is 13.1 Å². The fourth-order valence-electron chi connectivity index (χ4n) is 2.76. The molecule has 0 saturated carbocycles. The summed E-state index contributed by atoms with van der Waals surface area (Å²) in [5, 5.41) is 9.84. The molecular weight excluding hydrogens is 340 g/mol. The summed E-state index contributed by atoms with van der Waals surface area (Å²) in [5.74, 6) is 0.0446. The number of aryl methyl sites for hydroxylation is 2. The number of hydrogen-bond acceptors (Lipinski definition) is 3. The molecule has 0 spiro atoms. The normalized spacial score (nSPS) is 10.4. The van der Waals surface area contributed by atoms with Crippen LogP contribution in [0.15, 0.2) is 60.7 Å². The molecule has 0 aliphatic heterocycles. The summed E-state index contributed by atoms with van der Waals surface area (Å²) in [4.78, 5) is 24.5. The summed E-state index contributed by atoms with van der Waals surface area (Å²) in [5.41, 5.74) is 3.35. The maximum Gasteiger partial charge on any atom is 0.272 e. The summed E-state index contributed by atoms with van der Waals surface area (Å²) >= 11 is 0. The number of carbonyl (C=O) groups excluding carboxylic acids is 2. The van der Waals surface area contributed by atoms with E-state index < -0.39 is 0 Å². The first-order valence-electron chi connectivity index (χ1n) is 8.73. The number of rotatable bonds is 6. The SMILES string of the molecule is Cc1cccc(CNC(=O)c2cc(NC(=O)Cc3ccccc3)n(C)n2)c1. The Labute approximate surface area is 158 Å². The molecule has 1 heterocycles. The Morgan fingerprint density at radius 2 is 1.74 bits per heavy atom. The zero-order chi connectivity index (χ0) is 19.2. The first-order chi connectivity index (χ1) is 13.0. The lowest BCUT2D eigenvalue weighted by Crippen LogP contribution is -2.23. The highest BCUT2D eigenvalue weighted by Gasteiger charge is 2.14. The molecule has 2 aromatic carbocycles. The molecule has 0 aliphatic rings. The zero-order valence-electron chi connectivity index (χ0n) is 15.4. The van der Waals surface area contributed by atoms with Crippen LogP contribution in [-0.2, 0) is 24.8 Å². The van der Waals surface area contributed by atoms with Crippen molar-refractivity contribution in [2.24, 2.45) is 7.05 Å². The number of aromatic nitrogens is 2. The summed E-state index contributed by atoms with van der Waals surface area (Å²) in [7, 11) is 1.69. The van der Waals surface area contributed by atoms with E-state index in [9.17, 15) is 9.59 Å². The van der Waals surface area contributed by atoms with Gasteiger partial charge in [-0.1, -0.05) is 60.2 Å². The molecule has 0 unspecified atom stereocenters. The second-order valence-electron chi connectivity index (χ2n) is 6.42. The average Bonchev–Trinajstić information content (AvgIpc) is 3.01. The van der Waals surface area contributed by atoms with Gasteiger partial charge in [0.25, 0.3) is 5.91 Å². The maximum absolute atomic E-state index is 12.3. The number of hydrogen-bond donors (Lipinski definition) is 2.